The summed E-state index contributed by atoms with van der Waals surface area (Å²) < 4.78 is 49.2. The number of hydrazone groups is 1. The molecule has 13 heteroatoms. The molecule has 10 nitrogen and oxygen atoms in total. The van der Waals surface area contributed by atoms with E-state index < -0.39 is 17.7 Å². The van der Waals surface area contributed by atoms with Gasteiger partial charge in [-0.25, -0.2) is 14.4 Å². The van der Waals surface area contributed by atoms with Gasteiger partial charge in [-0.05, 0) is 47.6 Å². The smallest absolute Gasteiger partial charge is 0.417 e. The minimum absolute atomic E-state index is 0.0541. The number of carbonyl (C=O) groups excluding carboxylic acids is 1. The van der Waals surface area contributed by atoms with Crippen molar-refractivity contribution in [1.82, 2.24) is 20.3 Å². The number of rotatable bonds is 7. The molecule has 34 heavy (non-hydrogen) atoms. The highest BCUT2D eigenvalue weighted by atomic mass is 19.4. The summed E-state index contributed by atoms with van der Waals surface area (Å²) in [6.07, 6.45) is -3.51. The van der Waals surface area contributed by atoms with E-state index in [0.29, 0.717) is 11.3 Å². The van der Waals surface area contributed by atoms with Crippen molar-refractivity contribution in [2.75, 3.05) is 17.3 Å². The molecule has 2 aromatic carbocycles. The number of esters is 1. The van der Waals surface area contributed by atoms with E-state index in [4.69, 9.17) is 4.74 Å². The monoisotopic (exact) mass is 471 g/mol. The number of halogens is 3. The Labute approximate surface area is 189 Å². The van der Waals surface area contributed by atoms with E-state index in [-0.39, 0.29) is 35.1 Å². The zero-order valence-corrected chi connectivity index (χ0v) is 17.5. The molecule has 0 aliphatic heterocycles. The van der Waals surface area contributed by atoms with Gasteiger partial charge in [-0.15, -0.1) is 0 Å². The normalized spacial score (nSPS) is 11.6. The molecule has 0 saturated carbocycles. The van der Waals surface area contributed by atoms with Gasteiger partial charge < -0.3 is 10.1 Å². The molecular formula is C21H16F3N7O3. The van der Waals surface area contributed by atoms with Crippen LogP contribution in [-0.4, -0.2) is 39.1 Å². The van der Waals surface area contributed by atoms with E-state index in [2.05, 4.69) is 40.8 Å². The molecule has 174 valence electrons. The summed E-state index contributed by atoms with van der Waals surface area (Å²) in [5.41, 5.74) is 2.67. The van der Waals surface area contributed by atoms with Gasteiger partial charge in [0.25, 0.3) is 0 Å². The number of hydrogen-bond donors (Lipinski definition) is 2. The highest BCUT2D eigenvalue weighted by Crippen LogP contribution is 2.31. The van der Waals surface area contributed by atoms with Gasteiger partial charge in [0.2, 0.25) is 11.3 Å². The fourth-order valence-corrected chi connectivity index (χ4v) is 2.87. The number of nitrogens with zero attached hydrogens (tertiary/aromatic N) is 5. The van der Waals surface area contributed by atoms with E-state index in [1.54, 1.807) is 31.2 Å². The molecule has 0 bridgehead atoms. The summed E-state index contributed by atoms with van der Waals surface area (Å²) in [5, 5.41) is 14.1. The fraction of sp³-hybridized carbons (Fsp3) is 0.143. The molecule has 0 atom stereocenters. The van der Waals surface area contributed by atoms with Crippen LogP contribution in [0.2, 0.25) is 0 Å². The highest BCUT2D eigenvalue weighted by Gasteiger charge is 2.32. The molecule has 0 aliphatic carbocycles. The van der Waals surface area contributed by atoms with Crippen LogP contribution in [0.15, 0.2) is 58.3 Å². The Balaban J connectivity index is 1.59. The molecule has 0 amide bonds. The lowest BCUT2D eigenvalue weighted by Crippen LogP contribution is -2.09. The maximum atomic E-state index is 13.2. The maximum absolute atomic E-state index is 13.2. The van der Waals surface area contributed by atoms with Crippen LogP contribution >= 0.6 is 0 Å². The van der Waals surface area contributed by atoms with Crippen molar-refractivity contribution in [3.63, 3.8) is 0 Å². The highest BCUT2D eigenvalue weighted by molar-refractivity contribution is 5.90. The summed E-state index contributed by atoms with van der Waals surface area (Å²) in [7, 11) is 0. The first kappa shape index (κ1) is 22.6. The summed E-state index contributed by atoms with van der Waals surface area (Å²) >= 11 is 0. The minimum Gasteiger partial charge on any atom is -0.462 e. The van der Waals surface area contributed by atoms with Crippen LogP contribution < -0.4 is 10.7 Å². The molecule has 4 rings (SSSR count). The van der Waals surface area contributed by atoms with Crippen molar-refractivity contribution < 1.29 is 27.3 Å². The van der Waals surface area contributed by atoms with E-state index in [0.717, 1.165) is 12.3 Å². The first-order valence-corrected chi connectivity index (χ1v) is 9.85. The van der Waals surface area contributed by atoms with Gasteiger partial charge in [-0.2, -0.15) is 23.3 Å². The SMILES string of the molecule is CCOC(=O)c1ccc(Nc2nc3nonc3nc2N/N=C\c2ccccc2C(F)(F)F)cc1. The van der Waals surface area contributed by atoms with E-state index >= 15 is 0 Å². The summed E-state index contributed by atoms with van der Waals surface area (Å²) in [4.78, 5) is 20.3. The van der Waals surface area contributed by atoms with Crippen LogP contribution in [0.4, 0.5) is 30.5 Å². The molecule has 2 heterocycles. The predicted molar refractivity (Wildman–Crippen MR) is 116 cm³/mol. The fourth-order valence-electron chi connectivity index (χ4n) is 2.87. The third-order valence-corrected chi connectivity index (χ3v) is 4.41. The van der Waals surface area contributed by atoms with Gasteiger partial charge in [0.05, 0.1) is 23.9 Å². The topological polar surface area (TPSA) is 127 Å². The Kier molecular flexibility index (Phi) is 6.34. The molecule has 2 N–H and O–H groups in total. The number of fused-ring (bicyclic) bond motifs is 1. The number of nitrogens with one attached hydrogen (secondary N) is 2. The molecular weight excluding hydrogens is 455 g/mol. The van der Waals surface area contributed by atoms with Crippen LogP contribution in [0.25, 0.3) is 11.3 Å². The number of carbonyl (C=O) groups is 1. The van der Waals surface area contributed by atoms with Crippen molar-refractivity contribution >= 4 is 40.8 Å². The number of ether oxygens (including phenoxy) is 1. The lowest BCUT2D eigenvalue weighted by molar-refractivity contribution is -0.137. The number of benzene rings is 2. The number of hydrogen-bond acceptors (Lipinski definition) is 10. The van der Waals surface area contributed by atoms with Crippen molar-refractivity contribution in [2.24, 2.45) is 5.10 Å². The molecule has 0 unspecified atom stereocenters. The Hall–Kier alpha value is -4.55. The van der Waals surface area contributed by atoms with Gasteiger partial charge in [-0.3, -0.25) is 5.43 Å². The first-order valence-electron chi connectivity index (χ1n) is 9.85. The van der Waals surface area contributed by atoms with Crippen LogP contribution in [0.1, 0.15) is 28.4 Å². The van der Waals surface area contributed by atoms with Crippen molar-refractivity contribution in [3.8, 4) is 0 Å². The molecule has 0 spiro atoms. The largest absolute Gasteiger partial charge is 0.462 e. The Bertz CT molecular complexity index is 1340. The standard InChI is InChI=1S/C21H16F3N7O3/c1-2-33-20(32)12-7-9-14(10-8-12)26-16-17(28-19-18(27-16)30-34-31-19)29-25-11-13-5-3-4-6-15(13)21(22,23)24/h3-11H,2H2,1H3,(H,26,27,30)(H,28,29,31)/b25-11-. The lowest BCUT2D eigenvalue weighted by Gasteiger charge is -2.11. The average Bonchev–Trinajstić information content (AvgIpc) is 3.27. The van der Waals surface area contributed by atoms with Crippen LogP contribution in [0, 0.1) is 0 Å². The van der Waals surface area contributed by atoms with Gasteiger partial charge in [0, 0.05) is 11.3 Å². The van der Waals surface area contributed by atoms with E-state index in [9.17, 15) is 18.0 Å². The Morgan fingerprint density at radius 1 is 1.06 bits per heavy atom. The van der Waals surface area contributed by atoms with Gasteiger partial charge in [0.1, 0.15) is 0 Å². The lowest BCUT2D eigenvalue weighted by atomic mass is 10.1. The van der Waals surface area contributed by atoms with E-state index in [1.165, 1.54) is 18.2 Å². The minimum atomic E-state index is -4.53. The van der Waals surface area contributed by atoms with E-state index in [1.807, 2.05) is 0 Å². The van der Waals surface area contributed by atoms with Gasteiger partial charge >= 0.3 is 12.1 Å². The van der Waals surface area contributed by atoms with Crippen LogP contribution in [-0.2, 0) is 10.9 Å². The molecule has 0 fully saturated rings. The number of alkyl halides is 3. The summed E-state index contributed by atoms with van der Waals surface area (Å²) in [6, 6.07) is 11.4. The van der Waals surface area contributed by atoms with Crippen molar-refractivity contribution in [3.05, 3.63) is 65.2 Å². The van der Waals surface area contributed by atoms with Crippen LogP contribution in [0.3, 0.4) is 0 Å². The second kappa shape index (κ2) is 9.52. The zero-order valence-electron chi connectivity index (χ0n) is 17.5. The molecule has 2 aromatic heterocycles. The first-order chi connectivity index (χ1) is 16.3. The summed E-state index contributed by atoms with van der Waals surface area (Å²) in [5.74, 6) is -0.258. The molecule has 0 saturated heterocycles. The molecule has 0 radical (unpaired) electrons. The average molecular weight is 471 g/mol. The second-order valence-electron chi connectivity index (χ2n) is 6.71. The van der Waals surface area contributed by atoms with Crippen molar-refractivity contribution in [1.29, 1.82) is 0 Å². The molecule has 0 aliphatic rings. The Morgan fingerprint density at radius 3 is 2.41 bits per heavy atom. The third kappa shape index (κ3) is 5.09. The van der Waals surface area contributed by atoms with Gasteiger partial charge in [-0.1, -0.05) is 18.2 Å². The zero-order chi connectivity index (χ0) is 24.1. The maximum Gasteiger partial charge on any atom is 0.417 e. The van der Waals surface area contributed by atoms with Gasteiger partial charge in [0.15, 0.2) is 11.6 Å². The van der Waals surface area contributed by atoms with Crippen LogP contribution in [0.5, 0.6) is 0 Å². The Morgan fingerprint density at radius 2 is 1.74 bits per heavy atom. The molecule has 4 aromatic rings. The van der Waals surface area contributed by atoms with Crippen molar-refractivity contribution in [2.45, 2.75) is 13.1 Å². The third-order valence-electron chi connectivity index (χ3n) is 4.41. The predicted octanol–water partition coefficient (Wildman–Crippen LogP) is 4.40. The second-order valence-corrected chi connectivity index (χ2v) is 6.71. The number of anilines is 3. The summed E-state index contributed by atoms with van der Waals surface area (Å²) in [6.45, 7) is 1.96. The number of aromatic nitrogens is 4. The quantitative estimate of drug-likeness (QED) is 0.229.